The normalized spacial score (nSPS) is 12.3. The molecule has 0 saturated heterocycles. The number of hydrogen-bond donors (Lipinski definition) is 2. The van der Waals surface area contributed by atoms with Crippen molar-refractivity contribution in [2.24, 2.45) is 4.99 Å². The molecule has 0 spiro atoms. The van der Waals surface area contributed by atoms with Crippen LogP contribution in [0.2, 0.25) is 0 Å². The summed E-state index contributed by atoms with van der Waals surface area (Å²) in [4.78, 5) is 8.13. The highest BCUT2D eigenvalue weighted by molar-refractivity contribution is 14.0. The van der Waals surface area contributed by atoms with E-state index in [9.17, 15) is 13.2 Å². The number of aliphatic imine (C=N–C) groups is 1. The fourth-order valence-corrected chi connectivity index (χ4v) is 2.99. The number of hydrogen-bond acceptors (Lipinski definition) is 4. The van der Waals surface area contributed by atoms with Crippen LogP contribution in [0.5, 0.6) is 5.75 Å². The van der Waals surface area contributed by atoms with Gasteiger partial charge in [-0.3, -0.25) is 0 Å². The number of benzene rings is 1. The first-order valence-electron chi connectivity index (χ1n) is 8.89. The number of aromatic nitrogens is 1. The molecule has 162 valence electrons. The highest BCUT2D eigenvalue weighted by Gasteiger charge is 2.33. The molecule has 0 atom stereocenters. The van der Waals surface area contributed by atoms with Crippen molar-refractivity contribution < 1.29 is 17.9 Å². The van der Waals surface area contributed by atoms with Gasteiger partial charge in [0.25, 0.3) is 0 Å². The van der Waals surface area contributed by atoms with E-state index in [0.717, 1.165) is 28.0 Å². The van der Waals surface area contributed by atoms with Crippen LogP contribution in [0.1, 0.15) is 44.0 Å². The maximum absolute atomic E-state index is 12.7. The van der Waals surface area contributed by atoms with Gasteiger partial charge >= 0.3 is 6.18 Å². The zero-order valence-electron chi connectivity index (χ0n) is 16.8. The van der Waals surface area contributed by atoms with E-state index in [1.807, 2.05) is 52.0 Å². The second-order valence-electron chi connectivity index (χ2n) is 7.00. The van der Waals surface area contributed by atoms with E-state index in [0.29, 0.717) is 24.1 Å². The lowest BCUT2D eigenvalue weighted by molar-refractivity contribution is -0.140. The van der Waals surface area contributed by atoms with Crippen molar-refractivity contribution in [3.8, 4) is 5.75 Å². The van der Waals surface area contributed by atoms with Gasteiger partial charge in [0.1, 0.15) is 16.4 Å². The third kappa shape index (κ3) is 8.77. The van der Waals surface area contributed by atoms with Crippen LogP contribution in [0, 0.1) is 0 Å². The van der Waals surface area contributed by atoms with Crippen molar-refractivity contribution in [2.45, 2.75) is 52.6 Å². The molecule has 0 aliphatic heterocycles. The lowest BCUT2D eigenvalue weighted by atomic mass is 10.1. The van der Waals surface area contributed by atoms with Gasteiger partial charge < -0.3 is 15.4 Å². The van der Waals surface area contributed by atoms with Gasteiger partial charge in [0.15, 0.2) is 11.7 Å². The molecule has 1 aromatic carbocycles. The van der Waals surface area contributed by atoms with Crippen LogP contribution in [0.15, 0.2) is 34.6 Å². The summed E-state index contributed by atoms with van der Waals surface area (Å²) in [5.41, 5.74) is -0.281. The minimum Gasteiger partial charge on any atom is -0.488 e. The summed E-state index contributed by atoms with van der Waals surface area (Å²) >= 11 is 0.963. The molecule has 0 unspecified atom stereocenters. The molecule has 5 nitrogen and oxygen atoms in total. The standard InChI is InChI=1S/C19H25F3N4OS.HI/c1-5-23-17(25-11-16-26-15(12-28-16)19(20,21)22)24-10-13-8-6-7-9-14(13)27-18(2,3)4;/h6-9,12H,5,10-11H2,1-4H3,(H2,23,24,25);1H. The van der Waals surface area contributed by atoms with Gasteiger partial charge in [-0.2, -0.15) is 13.2 Å². The van der Waals surface area contributed by atoms with Crippen molar-refractivity contribution in [3.05, 3.63) is 45.9 Å². The Morgan fingerprint density at radius 2 is 1.86 bits per heavy atom. The summed E-state index contributed by atoms with van der Waals surface area (Å²) in [5.74, 6) is 1.25. The Morgan fingerprint density at radius 3 is 2.45 bits per heavy atom. The van der Waals surface area contributed by atoms with E-state index < -0.39 is 11.9 Å². The molecule has 1 heterocycles. The number of rotatable bonds is 6. The molecule has 2 rings (SSSR count). The van der Waals surface area contributed by atoms with Gasteiger partial charge in [0.2, 0.25) is 0 Å². The molecule has 29 heavy (non-hydrogen) atoms. The van der Waals surface area contributed by atoms with Crippen molar-refractivity contribution >= 4 is 41.3 Å². The summed E-state index contributed by atoms with van der Waals surface area (Å²) in [6.07, 6.45) is -4.43. The predicted octanol–water partition coefficient (Wildman–Crippen LogP) is 5.21. The Balaban J connectivity index is 0.00000420. The first-order chi connectivity index (χ1) is 13.1. The predicted molar refractivity (Wildman–Crippen MR) is 121 cm³/mol. The Morgan fingerprint density at radius 1 is 1.17 bits per heavy atom. The van der Waals surface area contributed by atoms with Gasteiger partial charge in [-0.05, 0) is 33.8 Å². The van der Waals surface area contributed by atoms with E-state index in [1.165, 1.54) is 0 Å². The van der Waals surface area contributed by atoms with E-state index in [1.54, 1.807) is 0 Å². The van der Waals surface area contributed by atoms with Crippen molar-refractivity contribution in [1.82, 2.24) is 15.6 Å². The van der Waals surface area contributed by atoms with Gasteiger partial charge in [0.05, 0.1) is 13.1 Å². The lowest BCUT2D eigenvalue weighted by Crippen LogP contribution is -2.36. The molecule has 0 radical (unpaired) electrons. The number of ether oxygens (including phenoxy) is 1. The van der Waals surface area contributed by atoms with Gasteiger partial charge in [-0.1, -0.05) is 18.2 Å². The third-order valence-electron chi connectivity index (χ3n) is 3.39. The maximum Gasteiger partial charge on any atom is 0.434 e. The quantitative estimate of drug-likeness (QED) is 0.299. The van der Waals surface area contributed by atoms with Crippen LogP contribution in [0.4, 0.5) is 13.2 Å². The van der Waals surface area contributed by atoms with Gasteiger partial charge in [-0.25, -0.2) is 9.98 Å². The van der Waals surface area contributed by atoms with Crippen LogP contribution < -0.4 is 15.4 Å². The zero-order valence-corrected chi connectivity index (χ0v) is 19.9. The molecule has 0 fully saturated rings. The number of nitrogens with one attached hydrogen (secondary N) is 2. The Bertz CT molecular complexity index is 803. The number of halogens is 4. The van der Waals surface area contributed by atoms with Crippen LogP contribution in [-0.4, -0.2) is 23.1 Å². The van der Waals surface area contributed by atoms with Crippen LogP contribution in [0.3, 0.4) is 0 Å². The summed E-state index contributed by atoms with van der Waals surface area (Å²) < 4.78 is 43.9. The zero-order chi connectivity index (χ0) is 20.8. The number of nitrogens with zero attached hydrogens (tertiary/aromatic N) is 2. The topological polar surface area (TPSA) is 58.5 Å². The molecule has 0 bridgehead atoms. The second kappa shape index (κ2) is 11.0. The van der Waals surface area contributed by atoms with Crippen LogP contribution >= 0.6 is 35.3 Å². The molecule has 10 heteroatoms. The summed E-state index contributed by atoms with van der Waals surface area (Å²) in [5, 5.41) is 7.46. The largest absolute Gasteiger partial charge is 0.488 e. The summed E-state index contributed by atoms with van der Waals surface area (Å²) in [6, 6.07) is 7.64. The van der Waals surface area contributed by atoms with Crippen LogP contribution in [0.25, 0.3) is 0 Å². The SMILES string of the molecule is CCNC(=NCc1ccccc1OC(C)(C)C)NCc1nc(C(F)(F)F)cs1.I. The molecule has 2 N–H and O–H groups in total. The Hall–Kier alpha value is -1.56. The maximum atomic E-state index is 12.7. The molecule has 0 aliphatic carbocycles. The molecular formula is C19H26F3IN4OS. The Labute approximate surface area is 190 Å². The number of alkyl halides is 3. The average Bonchev–Trinajstić information content (AvgIpc) is 3.06. The highest BCUT2D eigenvalue weighted by atomic mass is 127. The summed E-state index contributed by atoms with van der Waals surface area (Å²) in [7, 11) is 0. The minimum atomic E-state index is -4.43. The fraction of sp³-hybridized carbons (Fsp3) is 0.474. The molecule has 0 aliphatic rings. The van der Waals surface area contributed by atoms with Crippen molar-refractivity contribution in [1.29, 1.82) is 0 Å². The van der Waals surface area contributed by atoms with E-state index in [2.05, 4.69) is 20.6 Å². The molecule has 2 aromatic rings. The number of thiazole rings is 1. The fourth-order valence-electron chi connectivity index (χ4n) is 2.25. The molecule has 0 saturated carbocycles. The molecular weight excluding hydrogens is 516 g/mol. The number of guanidine groups is 1. The Kier molecular flexibility index (Phi) is 9.66. The summed E-state index contributed by atoms with van der Waals surface area (Å²) in [6.45, 7) is 8.99. The smallest absolute Gasteiger partial charge is 0.434 e. The number of para-hydroxylation sites is 1. The lowest BCUT2D eigenvalue weighted by Gasteiger charge is -2.23. The average molecular weight is 542 g/mol. The first kappa shape index (κ1) is 25.5. The van der Waals surface area contributed by atoms with Crippen molar-refractivity contribution in [3.63, 3.8) is 0 Å². The third-order valence-corrected chi connectivity index (χ3v) is 4.24. The highest BCUT2D eigenvalue weighted by Crippen LogP contribution is 2.30. The first-order valence-corrected chi connectivity index (χ1v) is 9.77. The van der Waals surface area contributed by atoms with Gasteiger partial charge in [0, 0.05) is 17.5 Å². The van der Waals surface area contributed by atoms with Crippen LogP contribution in [-0.2, 0) is 19.3 Å². The van der Waals surface area contributed by atoms with Crippen molar-refractivity contribution in [2.75, 3.05) is 6.54 Å². The minimum absolute atomic E-state index is 0. The molecule has 0 amide bonds. The monoisotopic (exact) mass is 542 g/mol. The van der Waals surface area contributed by atoms with E-state index in [-0.39, 0.29) is 36.1 Å². The molecule has 1 aromatic heterocycles. The van der Waals surface area contributed by atoms with E-state index >= 15 is 0 Å². The van der Waals surface area contributed by atoms with E-state index in [4.69, 9.17) is 4.74 Å². The van der Waals surface area contributed by atoms with Gasteiger partial charge in [-0.15, -0.1) is 35.3 Å². The second-order valence-corrected chi connectivity index (χ2v) is 7.94.